The van der Waals surface area contributed by atoms with Crippen molar-refractivity contribution in [2.45, 2.75) is 32.2 Å². The molecule has 2 aromatic rings. The van der Waals surface area contributed by atoms with Gasteiger partial charge in [0, 0.05) is 6.04 Å². The fourth-order valence-electron chi connectivity index (χ4n) is 3.25. The van der Waals surface area contributed by atoms with Crippen LogP contribution in [0, 0.1) is 5.92 Å². The Kier molecular flexibility index (Phi) is 3.69. The Labute approximate surface area is 114 Å². The Morgan fingerprint density at radius 2 is 2.16 bits per heavy atom. The van der Waals surface area contributed by atoms with Crippen LogP contribution in [0.1, 0.15) is 36.1 Å². The van der Waals surface area contributed by atoms with Gasteiger partial charge >= 0.3 is 0 Å². The summed E-state index contributed by atoms with van der Waals surface area (Å²) in [7, 11) is 0. The fraction of sp³-hybridized carbons (Fsp3) is 0.412. The molecule has 0 fully saturated rings. The van der Waals surface area contributed by atoms with Crippen molar-refractivity contribution in [1.29, 1.82) is 0 Å². The molecule has 2 unspecified atom stereocenters. The molecule has 0 aliphatic heterocycles. The van der Waals surface area contributed by atoms with Gasteiger partial charge in [0.2, 0.25) is 0 Å². The van der Waals surface area contributed by atoms with Gasteiger partial charge in [-0.15, -0.1) is 0 Å². The smallest absolute Gasteiger partial charge is 0.0934 e. The van der Waals surface area contributed by atoms with Gasteiger partial charge < -0.3 is 9.73 Å². The molecule has 19 heavy (non-hydrogen) atoms. The number of fused-ring (bicyclic) bond motifs is 1. The number of benzene rings is 1. The van der Waals surface area contributed by atoms with Gasteiger partial charge in [0.25, 0.3) is 0 Å². The molecular weight excluding hydrogens is 234 g/mol. The first-order valence-electron chi connectivity index (χ1n) is 7.20. The first-order chi connectivity index (χ1) is 9.38. The van der Waals surface area contributed by atoms with E-state index in [1.54, 1.807) is 6.26 Å². The summed E-state index contributed by atoms with van der Waals surface area (Å²) in [4.78, 5) is 0. The maximum atomic E-state index is 5.20. The van der Waals surface area contributed by atoms with Crippen LogP contribution >= 0.6 is 0 Å². The van der Waals surface area contributed by atoms with Crippen LogP contribution in [0.2, 0.25) is 0 Å². The number of hydrogen-bond acceptors (Lipinski definition) is 2. The van der Waals surface area contributed by atoms with Crippen molar-refractivity contribution < 1.29 is 4.42 Å². The third-order valence-electron chi connectivity index (χ3n) is 4.15. The van der Waals surface area contributed by atoms with E-state index in [2.05, 4.69) is 42.6 Å². The third kappa shape index (κ3) is 2.59. The molecule has 1 aromatic carbocycles. The summed E-state index contributed by atoms with van der Waals surface area (Å²) < 4.78 is 5.20. The van der Waals surface area contributed by atoms with Crippen molar-refractivity contribution in [3.8, 4) is 0 Å². The van der Waals surface area contributed by atoms with Gasteiger partial charge in [0.05, 0.1) is 12.5 Å². The molecule has 100 valence electrons. The highest BCUT2D eigenvalue weighted by molar-refractivity contribution is 5.33. The van der Waals surface area contributed by atoms with E-state index in [1.165, 1.54) is 29.5 Å². The van der Waals surface area contributed by atoms with Crippen molar-refractivity contribution in [2.75, 3.05) is 6.54 Å². The maximum Gasteiger partial charge on any atom is 0.0934 e. The quantitative estimate of drug-likeness (QED) is 0.900. The summed E-state index contributed by atoms with van der Waals surface area (Å²) in [6.45, 7) is 3.20. The second kappa shape index (κ2) is 5.62. The standard InChI is InChI=1S/C17H21NO/c1-2-18-17-15(11-13-9-10-19-12-13)8-7-14-5-3-4-6-16(14)17/h3-6,9-10,12,15,17-18H,2,7-8,11H2,1H3. The molecular formula is C17H21NO. The van der Waals surface area contributed by atoms with Gasteiger partial charge in [-0.25, -0.2) is 0 Å². The van der Waals surface area contributed by atoms with Gasteiger partial charge in [-0.1, -0.05) is 31.2 Å². The molecule has 1 aliphatic rings. The van der Waals surface area contributed by atoms with Crippen LogP contribution < -0.4 is 5.32 Å². The van der Waals surface area contributed by atoms with Crippen LogP contribution in [0.15, 0.2) is 47.3 Å². The lowest BCUT2D eigenvalue weighted by Gasteiger charge is -2.34. The lowest BCUT2D eigenvalue weighted by Crippen LogP contribution is -2.33. The molecule has 0 amide bonds. The highest BCUT2D eigenvalue weighted by atomic mass is 16.3. The molecule has 2 nitrogen and oxygen atoms in total. The van der Waals surface area contributed by atoms with Gasteiger partial charge in [-0.05, 0) is 54.5 Å². The molecule has 3 rings (SSSR count). The molecule has 2 heteroatoms. The zero-order valence-corrected chi connectivity index (χ0v) is 11.4. The minimum Gasteiger partial charge on any atom is -0.472 e. The predicted molar refractivity (Wildman–Crippen MR) is 77.1 cm³/mol. The fourth-order valence-corrected chi connectivity index (χ4v) is 3.25. The first-order valence-corrected chi connectivity index (χ1v) is 7.20. The zero-order chi connectivity index (χ0) is 13.1. The molecule has 0 spiro atoms. The van der Waals surface area contributed by atoms with E-state index >= 15 is 0 Å². The van der Waals surface area contributed by atoms with E-state index in [0.717, 1.165) is 13.0 Å². The van der Waals surface area contributed by atoms with Crippen LogP contribution in [0.25, 0.3) is 0 Å². The molecule has 0 saturated heterocycles. The molecule has 1 aliphatic carbocycles. The summed E-state index contributed by atoms with van der Waals surface area (Å²) in [5.41, 5.74) is 4.31. The van der Waals surface area contributed by atoms with E-state index < -0.39 is 0 Å². The van der Waals surface area contributed by atoms with E-state index in [4.69, 9.17) is 4.42 Å². The van der Waals surface area contributed by atoms with Crippen LogP contribution in [0.4, 0.5) is 0 Å². The monoisotopic (exact) mass is 255 g/mol. The van der Waals surface area contributed by atoms with Crippen LogP contribution in [-0.4, -0.2) is 6.54 Å². The van der Waals surface area contributed by atoms with E-state index in [1.807, 2.05) is 6.26 Å². The number of furan rings is 1. The second-order valence-electron chi connectivity index (χ2n) is 5.37. The Morgan fingerprint density at radius 3 is 2.95 bits per heavy atom. The lowest BCUT2D eigenvalue weighted by molar-refractivity contribution is 0.322. The predicted octanol–water partition coefficient (Wildman–Crippen LogP) is 3.74. The third-order valence-corrected chi connectivity index (χ3v) is 4.15. The Hall–Kier alpha value is -1.54. The van der Waals surface area contributed by atoms with Gasteiger partial charge in [-0.3, -0.25) is 0 Å². The van der Waals surface area contributed by atoms with Gasteiger partial charge in [0.15, 0.2) is 0 Å². The highest BCUT2D eigenvalue weighted by Crippen LogP contribution is 2.36. The molecule has 2 atom stereocenters. The van der Waals surface area contributed by atoms with Gasteiger partial charge in [-0.2, -0.15) is 0 Å². The summed E-state index contributed by atoms with van der Waals surface area (Å²) in [5.74, 6) is 0.660. The Bertz CT molecular complexity index is 518. The molecule has 0 radical (unpaired) electrons. The van der Waals surface area contributed by atoms with Crippen molar-refractivity contribution in [1.82, 2.24) is 5.32 Å². The normalized spacial score (nSPS) is 22.2. The van der Waals surface area contributed by atoms with Crippen molar-refractivity contribution in [2.24, 2.45) is 5.92 Å². The summed E-state index contributed by atoms with van der Waals surface area (Å²) >= 11 is 0. The Morgan fingerprint density at radius 1 is 1.26 bits per heavy atom. The average Bonchev–Trinajstić information content (AvgIpc) is 2.94. The second-order valence-corrected chi connectivity index (χ2v) is 5.37. The number of nitrogens with one attached hydrogen (secondary N) is 1. The van der Waals surface area contributed by atoms with E-state index in [0.29, 0.717) is 12.0 Å². The average molecular weight is 255 g/mol. The number of rotatable bonds is 4. The van der Waals surface area contributed by atoms with Crippen LogP contribution in [0.5, 0.6) is 0 Å². The number of hydrogen-bond donors (Lipinski definition) is 1. The molecule has 0 bridgehead atoms. The number of aryl methyl sites for hydroxylation is 1. The molecule has 1 N–H and O–H groups in total. The maximum absolute atomic E-state index is 5.20. The zero-order valence-electron chi connectivity index (χ0n) is 11.4. The minimum atomic E-state index is 0.477. The SMILES string of the molecule is CCNC1c2ccccc2CCC1Cc1ccoc1. The molecule has 1 heterocycles. The summed E-state index contributed by atoms with van der Waals surface area (Å²) in [5, 5.41) is 3.67. The lowest BCUT2D eigenvalue weighted by atomic mass is 9.77. The summed E-state index contributed by atoms with van der Waals surface area (Å²) in [6.07, 6.45) is 7.20. The van der Waals surface area contributed by atoms with Crippen molar-refractivity contribution in [3.05, 3.63) is 59.5 Å². The summed E-state index contributed by atoms with van der Waals surface area (Å²) in [6, 6.07) is 11.4. The topological polar surface area (TPSA) is 25.2 Å². The van der Waals surface area contributed by atoms with Crippen LogP contribution in [0.3, 0.4) is 0 Å². The first kappa shape index (κ1) is 12.5. The minimum absolute atomic E-state index is 0.477. The van der Waals surface area contributed by atoms with Crippen LogP contribution in [-0.2, 0) is 12.8 Å². The van der Waals surface area contributed by atoms with Gasteiger partial charge in [0.1, 0.15) is 0 Å². The Balaban J connectivity index is 1.85. The highest BCUT2D eigenvalue weighted by Gasteiger charge is 2.28. The van der Waals surface area contributed by atoms with Crippen molar-refractivity contribution in [3.63, 3.8) is 0 Å². The van der Waals surface area contributed by atoms with E-state index in [9.17, 15) is 0 Å². The molecule has 1 aromatic heterocycles. The van der Waals surface area contributed by atoms with Crippen molar-refractivity contribution >= 4 is 0 Å². The van der Waals surface area contributed by atoms with E-state index in [-0.39, 0.29) is 0 Å². The molecule has 0 saturated carbocycles. The largest absolute Gasteiger partial charge is 0.472 e.